The molecule has 0 N–H and O–H groups in total. The van der Waals surface area contributed by atoms with Gasteiger partial charge in [0, 0.05) is 30.0 Å². The van der Waals surface area contributed by atoms with Crippen LogP contribution in [0.25, 0.3) is 0 Å². The van der Waals surface area contributed by atoms with Crippen LogP contribution in [0.5, 0.6) is 0 Å². The van der Waals surface area contributed by atoms with E-state index in [0.29, 0.717) is 17.7 Å². The van der Waals surface area contributed by atoms with Gasteiger partial charge in [0.15, 0.2) is 0 Å². The number of amides is 1. The number of carbonyl (C=O) groups is 1. The Balaban J connectivity index is 2.05. The highest BCUT2D eigenvalue weighted by molar-refractivity contribution is 5.69. The molecule has 2 aromatic carbocycles. The van der Waals surface area contributed by atoms with Crippen molar-refractivity contribution < 1.29 is 44.7 Å². The summed E-state index contributed by atoms with van der Waals surface area (Å²) in [5.74, 6) is -1.14. The highest BCUT2D eigenvalue weighted by atomic mass is 19.4. The Kier molecular flexibility index (Phi) is 6.87. The first-order chi connectivity index (χ1) is 16.3. The number of rotatable bonds is 3. The van der Waals surface area contributed by atoms with Crippen LogP contribution in [0, 0.1) is 5.82 Å². The van der Waals surface area contributed by atoms with Crippen LogP contribution in [0.2, 0.25) is 0 Å². The summed E-state index contributed by atoms with van der Waals surface area (Å²) in [4.78, 5) is 14.1. The van der Waals surface area contributed by atoms with Gasteiger partial charge < -0.3 is 9.64 Å². The molecule has 0 saturated carbocycles. The molecule has 2 aromatic rings. The largest absolute Gasteiger partial charge is 0.444 e. The van der Waals surface area contributed by atoms with Crippen molar-refractivity contribution in [2.45, 2.75) is 62.7 Å². The predicted octanol–water partition coefficient (Wildman–Crippen LogP) is 7.41. The lowest BCUT2D eigenvalue weighted by Crippen LogP contribution is -2.50. The molecular weight excluding hydrogens is 498 g/mol. The Morgan fingerprint density at radius 1 is 0.889 bits per heavy atom. The third kappa shape index (κ3) is 5.01. The zero-order valence-corrected chi connectivity index (χ0v) is 19.9. The fourth-order valence-electron chi connectivity index (χ4n) is 4.49. The molecule has 0 spiro atoms. The van der Waals surface area contributed by atoms with E-state index in [4.69, 9.17) is 4.74 Å². The van der Waals surface area contributed by atoms with E-state index in [1.54, 1.807) is 27.7 Å². The maximum absolute atomic E-state index is 14.5. The van der Waals surface area contributed by atoms with Crippen LogP contribution in [-0.4, -0.2) is 42.0 Å². The summed E-state index contributed by atoms with van der Waals surface area (Å²) in [6, 6.07) is 8.31. The van der Waals surface area contributed by atoms with Crippen LogP contribution in [0.3, 0.4) is 0 Å². The Hall–Kier alpha value is -2.85. The lowest BCUT2D eigenvalue weighted by Gasteiger charge is -2.33. The Labute approximate surface area is 203 Å². The summed E-state index contributed by atoms with van der Waals surface area (Å²) >= 11 is 0. The first-order valence-corrected chi connectivity index (χ1v) is 11.0. The van der Waals surface area contributed by atoms with E-state index in [0.717, 1.165) is 12.1 Å². The lowest BCUT2D eigenvalue weighted by atomic mass is 9.71. The molecule has 1 fully saturated rings. The molecule has 1 amide bonds. The number of alkyl halides is 7. The first-order valence-electron chi connectivity index (χ1n) is 11.0. The van der Waals surface area contributed by atoms with Crippen molar-refractivity contribution in [1.82, 2.24) is 4.90 Å². The molecule has 36 heavy (non-hydrogen) atoms. The number of ether oxygens (including phenoxy) is 1. The predicted molar refractivity (Wildman–Crippen MR) is 116 cm³/mol. The number of likely N-dealkylation sites (tertiary alicyclic amines) is 1. The molecular formula is C25H25F8NO2. The van der Waals surface area contributed by atoms with Gasteiger partial charge in [-0.3, -0.25) is 0 Å². The first kappa shape index (κ1) is 27.7. The van der Waals surface area contributed by atoms with Gasteiger partial charge in [-0.1, -0.05) is 43.3 Å². The summed E-state index contributed by atoms with van der Waals surface area (Å²) in [5.41, 5.74) is -8.00. The average molecular weight is 523 g/mol. The van der Waals surface area contributed by atoms with E-state index in [1.165, 1.54) is 29.2 Å². The van der Waals surface area contributed by atoms with Gasteiger partial charge in [-0.2, -0.15) is 26.3 Å². The molecule has 1 aliphatic rings. The van der Waals surface area contributed by atoms with Crippen LogP contribution in [0.4, 0.5) is 39.9 Å². The third-order valence-corrected chi connectivity index (χ3v) is 6.34. The molecule has 1 aliphatic heterocycles. The number of hydrogen-bond acceptors (Lipinski definition) is 2. The van der Waals surface area contributed by atoms with E-state index < -0.39 is 52.4 Å². The topological polar surface area (TPSA) is 29.5 Å². The van der Waals surface area contributed by atoms with Crippen molar-refractivity contribution in [2.24, 2.45) is 0 Å². The number of hydrogen-bond donors (Lipinski definition) is 0. The number of halogens is 8. The standard InChI is InChI=1S/C25H25F8NO2/c1-21(2,3)36-20(35)34-13-19(22(4,14-34)16-9-11-18(26)12-10-16)15-5-7-17(8-6-15)23(27,24(28,29)30)25(31,32)33/h5-12,19H,13-14H2,1-4H3/t19-,22+/m0/s1. The maximum Gasteiger partial charge on any atom is 0.435 e. The molecule has 0 aromatic heterocycles. The fourth-order valence-corrected chi connectivity index (χ4v) is 4.49. The molecule has 3 nitrogen and oxygen atoms in total. The Morgan fingerprint density at radius 2 is 1.39 bits per heavy atom. The van der Waals surface area contributed by atoms with Crippen molar-refractivity contribution in [3.8, 4) is 0 Å². The smallest absolute Gasteiger partial charge is 0.435 e. The highest BCUT2D eigenvalue weighted by Crippen LogP contribution is 2.53. The van der Waals surface area contributed by atoms with Gasteiger partial charge in [-0.15, -0.1) is 0 Å². The molecule has 1 saturated heterocycles. The number of nitrogens with zero attached hydrogens (tertiary/aromatic N) is 1. The minimum atomic E-state index is -6.23. The van der Waals surface area contributed by atoms with Gasteiger partial charge in [-0.25, -0.2) is 13.6 Å². The number of carbonyl (C=O) groups excluding carboxylic acids is 1. The molecule has 0 aliphatic carbocycles. The molecule has 0 radical (unpaired) electrons. The summed E-state index contributed by atoms with van der Waals surface area (Å²) < 4.78 is 112. The second kappa shape index (κ2) is 8.92. The zero-order valence-electron chi connectivity index (χ0n) is 19.9. The minimum Gasteiger partial charge on any atom is -0.444 e. The molecule has 1 heterocycles. The van der Waals surface area contributed by atoms with Gasteiger partial charge in [0.1, 0.15) is 11.4 Å². The second-order valence-corrected chi connectivity index (χ2v) is 10.1. The molecule has 0 unspecified atom stereocenters. The average Bonchev–Trinajstić information content (AvgIpc) is 3.10. The van der Waals surface area contributed by atoms with Crippen molar-refractivity contribution in [3.05, 3.63) is 71.0 Å². The van der Waals surface area contributed by atoms with Gasteiger partial charge >= 0.3 is 24.1 Å². The van der Waals surface area contributed by atoms with Crippen LogP contribution in [0.1, 0.15) is 50.3 Å². The zero-order chi connectivity index (χ0) is 27.3. The molecule has 2 atom stereocenters. The normalized spacial score (nSPS) is 21.6. The van der Waals surface area contributed by atoms with Crippen LogP contribution in [-0.2, 0) is 15.8 Å². The Bertz CT molecular complexity index is 1070. The summed E-state index contributed by atoms with van der Waals surface area (Å²) in [6.45, 7) is 6.84. The van der Waals surface area contributed by atoms with Crippen molar-refractivity contribution in [2.75, 3.05) is 13.1 Å². The van der Waals surface area contributed by atoms with Gasteiger partial charge in [0.2, 0.25) is 0 Å². The summed E-state index contributed by atoms with van der Waals surface area (Å²) in [5, 5.41) is 0. The van der Waals surface area contributed by atoms with Gasteiger partial charge in [0.05, 0.1) is 0 Å². The van der Waals surface area contributed by atoms with E-state index in [-0.39, 0.29) is 18.7 Å². The maximum atomic E-state index is 14.5. The van der Waals surface area contributed by atoms with Gasteiger partial charge in [-0.05, 0) is 44.0 Å². The van der Waals surface area contributed by atoms with E-state index >= 15 is 0 Å². The monoisotopic (exact) mass is 523 g/mol. The highest BCUT2D eigenvalue weighted by Gasteiger charge is 2.73. The van der Waals surface area contributed by atoms with Crippen molar-refractivity contribution in [1.29, 1.82) is 0 Å². The van der Waals surface area contributed by atoms with Crippen LogP contribution >= 0.6 is 0 Å². The van der Waals surface area contributed by atoms with E-state index in [9.17, 15) is 39.9 Å². The summed E-state index contributed by atoms with van der Waals surface area (Å²) in [6.07, 6.45) is -13.1. The van der Waals surface area contributed by atoms with Gasteiger partial charge in [0.25, 0.3) is 0 Å². The van der Waals surface area contributed by atoms with Crippen molar-refractivity contribution >= 4 is 6.09 Å². The second-order valence-electron chi connectivity index (χ2n) is 10.1. The van der Waals surface area contributed by atoms with Crippen molar-refractivity contribution in [3.63, 3.8) is 0 Å². The van der Waals surface area contributed by atoms with Crippen LogP contribution < -0.4 is 0 Å². The SMILES string of the molecule is CC(C)(C)OC(=O)N1C[C@@H](c2ccc(C(F)(C(F)(F)F)C(F)(F)F)cc2)[C@@](C)(c2ccc(F)cc2)C1. The molecule has 11 heteroatoms. The lowest BCUT2D eigenvalue weighted by molar-refractivity contribution is -0.348. The number of benzene rings is 2. The Morgan fingerprint density at radius 3 is 1.83 bits per heavy atom. The van der Waals surface area contributed by atoms with E-state index in [2.05, 4.69) is 0 Å². The minimum absolute atomic E-state index is 0.0153. The van der Waals surface area contributed by atoms with Crippen LogP contribution in [0.15, 0.2) is 48.5 Å². The van der Waals surface area contributed by atoms with E-state index in [1.807, 2.05) is 0 Å². The fraction of sp³-hybridized carbons (Fsp3) is 0.480. The molecule has 0 bridgehead atoms. The quantitative estimate of drug-likeness (QED) is 0.392. The third-order valence-electron chi connectivity index (χ3n) is 6.34. The molecule has 3 rings (SSSR count). The molecule has 198 valence electrons. The summed E-state index contributed by atoms with van der Waals surface area (Å²) in [7, 11) is 0.